The number of nitrogens with two attached hydrogens (primary N) is 1. The van der Waals surface area contributed by atoms with E-state index in [1.807, 2.05) is 30.3 Å². The number of non-ortho nitro benzene ring substituents is 1. The number of anilines is 1. The molecule has 0 spiro atoms. The van der Waals surface area contributed by atoms with Crippen LogP contribution in [0.4, 0.5) is 11.5 Å². The zero-order chi connectivity index (χ0) is 22.0. The average Bonchev–Trinajstić information content (AvgIpc) is 3.18. The summed E-state index contributed by atoms with van der Waals surface area (Å²) in [5, 5.41) is 19.9. The Balaban J connectivity index is 1.81. The van der Waals surface area contributed by atoms with E-state index in [2.05, 4.69) is 10.2 Å². The molecule has 0 aliphatic rings. The number of nitrogen functional groups attached to an aromatic ring is 1. The molecule has 9 heteroatoms. The van der Waals surface area contributed by atoms with Gasteiger partial charge >= 0.3 is 0 Å². The highest BCUT2D eigenvalue weighted by Crippen LogP contribution is 2.25. The molecule has 0 amide bonds. The van der Waals surface area contributed by atoms with E-state index in [0.29, 0.717) is 16.8 Å². The van der Waals surface area contributed by atoms with Crippen molar-refractivity contribution in [3.8, 4) is 16.9 Å². The summed E-state index contributed by atoms with van der Waals surface area (Å²) in [7, 11) is 0. The summed E-state index contributed by atoms with van der Waals surface area (Å²) in [5.74, 6) is 0.216. The van der Waals surface area contributed by atoms with Gasteiger partial charge in [0.2, 0.25) is 0 Å². The number of benzene rings is 2. The number of aryl methyl sites for hydroxylation is 1. The van der Waals surface area contributed by atoms with Crippen LogP contribution in [0.25, 0.3) is 16.9 Å². The SMILES string of the molecule is Cc1cc(N)n(/N=C\c2cn(-c3ccccc3)nc2-c2ccc([N+](=O)[O-])cc2)c(=O)c1. The lowest BCUT2D eigenvalue weighted by Crippen LogP contribution is -2.19. The maximum absolute atomic E-state index is 12.2. The number of pyridine rings is 1. The van der Waals surface area contributed by atoms with E-state index >= 15 is 0 Å². The molecule has 2 aromatic carbocycles. The van der Waals surface area contributed by atoms with E-state index in [1.165, 1.54) is 24.4 Å². The van der Waals surface area contributed by atoms with Crippen molar-refractivity contribution in [3.05, 3.63) is 105 Å². The highest BCUT2D eigenvalue weighted by Gasteiger charge is 2.13. The molecule has 0 aliphatic heterocycles. The van der Waals surface area contributed by atoms with Crippen LogP contribution < -0.4 is 11.3 Å². The van der Waals surface area contributed by atoms with Gasteiger partial charge in [-0.05, 0) is 42.8 Å². The van der Waals surface area contributed by atoms with Crippen molar-refractivity contribution in [1.29, 1.82) is 0 Å². The maximum atomic E-state index is 12.2. The molecule has 0 aliphatic carbocycles. The molecule has 0 bridgehead atoms. The lowest BCUT2D eigenvalue weighted by Gasteiger charge is -2.03. The van der Waals surface area contributed by atoms with Crippen LogP contribution in [0, 0.1) is 17.0 Å². The van der Waals surface area contributed by atoms with Crippen molar-refractivity contribution in [2.45, 2.75) is 6.92 Å². The van der Waals surface area contributed by atoms with Crippen molar-refractivity contribution >= 4 is 17.7 Å². The molecule has 2 heterocycles. The van der Waals surface area contributed by atoms with Crippen molar-refractivity contribution in [2.24, 2.45) is 5.10 Å². The van der Waals surface area contributed by atoms with Crippen LogP contribution in [0.2, 0.25) is 0 Å². The topological polar surface area (TPSA) is 121 Å². The third-order valence-electron chi connectivity index (χ3n) is 4.61. The Kier molecular flexibility index (Phi) is 5.15. The fraction of sp³-hybridized carbons (Fsp3) is 0.0455. The minimum atomic E-state index is -0.457. The summed E-state index contributed by atoms with van der Waals surface area (Å²) < 4.78 is 2.78. The lowest BCUT2D eigenvalue weighted by molar-refractivity contribution is -0.384. The van der Waals surface area contributed by atoms with E-state index in [-0.39, 0.29) is 17.1 Å². The quantitative estimate of drug-likeness (QED) is 0.305. The zero-order valence-electron chi connectivity index (χ0n) is 16.5. The fourth-order valence-corrected chi connectivity index (χ4v) is 3.12. The van der Waals surface area contributed by atoms with Crippen LogP contribution >= 0.6 is 0 Å². The number of aromatic nitrogens is 3. The molecule has 0 atom stereocenters. The summed E-state index contributed by atoms with van der Waals surface area (Å²) in [5.41, 5.74) is 9.00. The van der Waals surface area contributed by atoms with Crippen LogP contribution in [-0.2, 0) is 0 Å². The number of hydrogen-bond acceptors (Lipinski definition) is 6. The first-order valence-electron chi connectivity index (χ1n) is 9.36. The van der Waals surface area contributed by atoms with Gasteiger partial charge in [0.05, 0.1) is 16.8 Å². The molecule has 154 valence electrons. The molecular weight excluding hydrogens is 396 g/mol. The molecular formula is C22H18N6O3. The van der Waals surface area contributed by atoms with Crippen LogP contribution in [0.3, 0.4) is 0 Å². The molecule has 9 nitrogen and oxygen atoms in total. The van der Waals surface area contributed by atoms with Gasteiger partial charge in [0, 0.05) is 35.5 Å². The molecule has 0 radical (unpaired) electrons. The minimum absolute atomic E-state index is 0.0135. The Bertz CT molecular complexity index is 1340. The monoisotopic (exact) mass is 414 g/mol. The average molecular weight is 414 g/mol. The fourth-order valence-electron chi connectivity index (χ4n) is 3.12. The maximum Gasteiger partial charge on any atom is 0.273 e. The first kappa shape index (κ1) is 19.8. The molecule has 2 N–H and O–H groups in total. The van der Waals surface area contributed by atoms with Gasteiger partial charge in [-0.25, -0.2) is 4.68 Å². The summed E-state index contributed by atoms with van der Waals surface area (Å²) in [6.07, 6.45) is 3.27. The molecule has 0 saturated carbocycles. The predicted octanol–water partition coefficient (Wildman–Crippen LogP) is 3.38. The molecule has 0 fully saturated rings. The number of nitro groups is 1. The van der Waals surface area contributed by atoms with Crippen molar-refractivity contribution in [2.75, 3.05) is 5.73 Å². The summed E-state index contributed by atoms with van der Waals surface area (Å²) in [6.45, 7) is 1.78. The molecule has 2 aromatic heterocycles. The minimum Gasteiger partial charge on any atom is -0.384 e. The largest absolute Gasteiger partial charge is 0.384 e. The predicted molar refractivity (Wildman–Crippen MR) is 118 cm³/mol. The molecule has 4 rings (SSSR count). The van der Waals surface area contributed by atoms with Crippen molar-refractivity contribution in [1.82, 2.24) is 14.5 Å². The normalized spacial score (nSPS) is 11.1. The number of para-hydroxylation sites is 1. The second-order valence-electron chi connectivity index (χ2n) is 6.87. The Labute approximate surface area is 176 Å². The molecule has 0 saturated heterocycles. The van der Waals surface area contributed by atoms with Gasteiger partial charge in [-0.3, -0.25) is 14.9 Å². The van der Waals surface area contributed by atoms with Gasteiger partial charge in [-0.1, -0.05) is 18.2 Å². The Morgan fingerprint density at radius 3 is 2.45 bits per heavy atom. The smallest absolute Gasteiger partial charge is 0.273 e. The Morgan fingerprint density at radius 1 is 1.10 bits per heavy atom. The summed E-state index contributed by atoms with van der Waals surface area (Å²) >= 11 is 0. The first-order chi connectivity index (χ1) is 14.9. The molecule has 4 aromatic rings. The van der Waals surface area contributed by atoms with Crippen LogP contribution in [0.15, 0.2) is 82.8 Å². The van der Waals surface area contributed by atoms with Crippen LogP contribution in [-0.4, -0.2) is 25.6 Å². The summed E-state index contributed by atoms with van der Waals surface area (Å²) in [4.78, 5) is 22.8. The second-order valence-corrected chi connectivity index (χ2v) is 6.87. The highest BCUT2D eigenvalue weighted by atomic mass is 16.6. The number of nitrogens with zero attached hydrogens (tertiary/aromatic N) is 5. The van der Waals surface area contributed by atoms with Gasteiger partial charge in [0.1, 0.15) is 11.5 Å². The van der Waals surface area contributed by atoms with Gasteiger partial charge in [0.25, 0.3) is 11.2 Å². The Morgan fingerprint density at radius 2 is 1.81 bits per heavy atom. The van der Waals surface area contributed by atoms with Gasteiger partial charge < -0.3 is 5.73 Å². The lowest BCUT2D eigenvalue weighted by atomic mass is 10.1. The van der Waals surface area contributed by atoms with E-state index in [4.69, 9.17) is 5.73 Å². The number of rotatable bonds is 5. The van der Waals surface area contributed by atoms with E-state index in [9.17, 15) is 14.9 Å². The third kappa shape index (κ3) is 4.10. The van der Waals surface area contributed by atoms with E-state index in [0.717, 1.165) is 15.9 Å². The van der Waals surface area contributed by atoms with Gasteiger partial charge in [-0.2, -0.15) is 14.9 Å². The second kappa shape index (κ2) is 8.07. The first-order valence-corrected chi connectivity index (χ1v) is 9.36. The van der Waals surface area contributed by atoms with E-state index < -0.39 is 4.92 Å². The highest BCUT2D eigenvalue weighted by molar-refractivity contribution is 5.89. The van der Waals surface area contributed by atoms with Gasteiger partial charge in [-0.15, -0.1) is 0 Å². The number of hydrogen-bond donors (Lipinski definition) is 1. The standard InChI is InChI=1S/C22H18N6O3/c1-15-11-20(23)27(21(29)12-15)24-13-17-14-26(18-5-3-2-4-6-18)25-22(17)16-7-9-19(10-8-16)28(30)31/h2-14H,23H2,1H3/b24-13-. The molecule has 31 heavy (non-hydrogen) atoms. The van der Waals surface area contributed by atoms with Crippen molar-refractivity contribution in [3.63, 3.8) is 0 Å². The van der Waals surface area contributed by atoms with Gasteiger partial charge in [0.15, 0.2) is 0 Å². The van der Waals surface area contributed by atoms with Crippen LogP contribution in [0.1, 0.15) is 11.1 Å². The zero-order valence-corrected chi connectivity index (χ0v) is 16.5. The van der Waals surface area contributed by atoms with Crippen molar-refractivity contribution < 1.29 is 4.92 Å². The number of nitro benzene ring substituents is 1. The third-order valence-corrected chi connectivity index (χ3v) is 4.61. The Hall–Kier alpha value is -4.53. The van der Waals surface area contributed by atoms with Crippen LogP contribution in [0.5, 0.6) is 0 Å². The van der Waals surface area contributed by atoms with E-state index in [1.54, 1.807) is 36.0 Å². The molecule has 0 unspecified atom stereocenters. The summed E-state index contributed by atoms with van der Waals surface area (Å²) in [6, 6.07) is 18.7.